The van der Waals surface area contributed by atoms with Crippen LogP contribution in [0.4, 0.5) is 0 Å². The van der Waals surface area contributed by atoms with Crippen LogP contribution in [0.2, 0.25) is 0 Å². The van der Waals surface area contributed by atoms with E-state index in [1.165, 1.54) is 27.6 Å². The van der Waals surface area contributed by atoms with E-state index in [0.29, 0.717) is 12.4 Å². The highest BCUT2D eigenvalue weighted by atomic mass is 16.5. The highest BCUT2D eigenvalue weighted by molar-refractivity contribution is 5.86. The summed E-state index contributed by atoms with van der Waals surface area (Å²) in [7, 11) is 0. The monoisotopic (exact) mass is 481 g/mol. The third kappa shape index (κ3) is 4.85. The molecule has 0 radical (unpaired) electrons. The topological polar surface area (TPSA) is 68.6 Å². The molecule has 1 unspecified atom stereocenters. The first-order valence-corrected chi connectivity index (χ1v) is 12.8. The molecule has 1 aliphatic rings. The van der Waals surface area contributed by atoms with Gasteiger partial charge in [-0.25, -0.2) is 0 Å². The molecule has 6 nitrogen and oxygen atoms in total. The number of tetrazole rings is 1. The number of hydrogen-bond donors (Lipinski definition) is 1. The van der Waals surface area contributed by atoms with Crippen molar-refractivity contribution < 1.29 is 4.74 Å². The summed E-state index contributed by atoms with van der Waals surface area (Å²) >= 11 is 0. The maximum absolute atomic E-state index is 6.65. The van der Waals surface area contributed by atoms with Gasteiger partial charge in [0, 0.05) is 29.2 Å². The fourth-order valence-corrected chi connectivity index (χ4v) is 5.16. The number of aryl methyl sites for hydroxylation is 1. The first-order chi connectivity index (χ1) is 17.4. The van der Waals surface area contributed by atoms with Crippen LogP contribution in [0.5, 0.6) is 5.75 Å². The van der Waals surface area contributed by atoms with E-state index in [2.05, 4.69) is 120 Å². The van der Waals surface area contributed by atoms with Gasteiger partial charge in [-0.3, -0.25) is 0 Å². The quantitative estimate of drug-likeness (QED) is 0.311. The van der Waals surface area contributed by atoms with E-state index in [-0.39, 0.29) is 5.41 Å². The number of aromatic nitrogens is 5. The Kier molecular flexibility index (Phi) is 6.52. The van der Waals surface area contributed by atoms with Gasteiger partial charge in [-0.05, 0) is 47.6 Å². The summed E-state index contributed by atoms with van der Waals surface area (Å²) in [5.41, 5.74) is 4.66. The Balaban J connectivity index is 1.47. The van der Waals surface area contributed by atoms with Crippen LogP contribution in [-0.4, -0.2) is 31.8 Å². The number of nitrogens with one attached hydrogen (secondary N) is 1. The number of ether oxygens (including phenoxy) is 1. The number of benzene rings is 2. The number of rotatable bonds is 8. The zero-order valence-corrected chi connectivity index (χ0v) is 21.7. The minimum absolute atomic E-state index is 0.209. The minimum atomic E-state index is -0.510. The van der Waals surface area contributed by atoms with Crippen LogP contribution in [0.15, 0.2) is 73.0 Å². The van der Waals surface area contributed by atoms with Crippen molar-refractivity contribution in [3.8, 4) is 5.75 Å². The van der Waals surface area contributed by atoms with E-state index in [9.17, 15) is 0 Å². The normalized spacial score (nSPS) is 17.9. The van der Waals surface area contributed by atoms with Crippen molar-refractivity contribution in [3.63, 3.8) is 0 Å². The molecule has 1 atom stereocenters. The lowest BCUT2D eigenvalue weighted by Crippen LogP contribution is -2.34. The van der Waals surface area contributed by atoms with Crippen LogP contribution < -0.4 is 4.74 Å². The van der Waals surface area contributed by atoms with Crippen molar-refractivity contribution in [2.45, 2.75) is 58.9 Å². The second-order valence-corrected chi connectivity index (χ2v) is 11.0. The van der Waals surface area contributed by atoms with Crippen LogP contribution in [0, 0.1) is 5.41 Å². The molecule has 2 aromatic carbocycles. The second kappa shape index (κ2) is 9.76. The number of H-pyrrole nitrogens is 1. The summed E-state index contributed by atoms with van der Waals surface area (Å²) in [5, 5.41) is 16.6. The molecule has 0 spiro atoms. The van der Waals surface area contributed by atoms with Crippen LogP contribution in [0.1, 0.15) is 57.5 Å². The predicted octanol–water partition coefficient (Wildman–Crippen LogP) is 6.51. The average Bonchev–Trinajstić information content (AvgIpc) is 3.55. The molecule has 1 N–H and O–H groups in total. The standard InChI is InChI=1S/C30H35N5O/c1-5-10-25-24-16-18-35(20-29(2,3)4)26(24)14-15-27(25)36-21-30(28-31-33-34-32-28)17-9-13-23(19-30)22-11-7-6-8-12-22/h6-9,11-18H,5,10,19-21H2,1-4H3,(H,31,32,33,34). The van der Waals surface area contributed by atoms with Crippen LogP contribution in [0.3, 0.4) is 0 Å². The molecular weight excluding hydrogens is 446 g/mol. The molecule has 0 saturated carbocycles. The molecule has 2 aromatic heterocycles. The Labute approximate surface area is 213 Å². The lowest BCUT2D eigenvalue weighted by Gasteiger charge is -2.31. The largest absolute Gasteiger partial charge is 0.492 e. The van der Waals surface area contributed by atoms with Crippen LogP contribution in [-0.2, 0) is 18.4 Å². The summed E-state index contributed by atoms with van der Waals surface area (Å²) in [5.74, 6) is 1.58. The average molecular weight is 482 g/mol. The minimum Gasteiger partial charge on any atom is -0.492 e. The van der Waals surface area contributed by atoms with Gasteiger partial charge >= 0.3 is 0 Å². The summed E-state index contributed by atoms with van der Waals surface area (Å²) in [6, 6.07) is 17.0. The molecule has 1 aliphatic carbocycles. The molecule has 36 heavy (non-hydrogen) atoms. The van der Waals surface area contributed by atoms with Gasteiger partial charge < -0.3 is 9.30 Å². The molecule has 0 aliphatic heterocycles. The summed E-state index contributed by atoms with van der Waals surface area (Å²) < 4.78 is 9.01. The SMILES string of the molecule is CCCc1c(OCC2(c3nn[nH]n3)C=CC=C(c3ccccc3)C2)ccc2c1ccn2CC(C)(C)C. The van der Waals surface area contributed by atoms with E-state index in [1.54, 1.807) is 0 Å². The highest BCUT2D eigenvalue weighted by Gasteiger charge is 2.38. The van der Waals surface area contributed by atoms with Crippen LogP contribution >= 0.6 is 0 Å². The van der Waals surface area contributed by atoms with Gasteiger partial charge in [-0.15, -0.1) is 10.2 Å². The number of aromatic amines is 1. The first-order valence-electron chi connectivity index (χ1n) is 12.8. The molecule has 0 fully saturated rings. The van der Waals surface area contributed by atoms with Gasteiger partial charge in [0.25, 0.3) is 0 Å². The van der Waals surface area contributed by atoms with Crippen molar-refractivity contribution >= 4 is 16.5 Å². The van der Waals surface area contributed by atoms with Gasteiger partial charge in [-0.1, -0.05) is 87.9 Å². The first kappa shape index (κ1) is 24.0. The molecule has 4 aromatic rings. The van der Waals surface area contributed by atoms with Crippen molar-refractivity contribution in [3.05, 3.63) is 89.9 Å². The summed E-state index contributed by atoms with van der Waals surface area (Å²) in [6.07, 6.45) is 11.4. The van der Waals surface area contributed by atoms with Gasteiger partial charge in [0.2, 0.25) is 0 Å². The lowest BCUT2D eigenvalue weighted by atomic mass is 9.76. The van der Waals surface area contributed by atoms with E-state index < -0.39 is 5.41 Å². The van der Waals surface area contributed by atoms with Crippen molar-refractivity contribution in [2.24, 2.45) is 5.41 Å². The van der Waals surface area contributed by atoms with Crippen LogP contribution in [0.25, 0.3) is 16.5 Å². The Morgan fingerprint density at radius 3 is 2.64 bits per heavy atom. The van der Waals surface area contributed by atoms with E-state index in [0.717, 1.165) is 31.6 Å². The molecule has 5 rings (SSSR count). The number of nitrogens with zero attached hydrogens (tertiary/aromatic N) is 4. The smallest absolute Gasteiger partial charge is 0.188 e. The molecule has 0 saturated heterocycles. The molecular formula is C30H35N5O. The Hall–Kier alpha value is -3.67. The summed E-state index contributed by atoms with van der Waals surface area (Å²) in [6.45, 7) is 10.4. The fourth-order valence-electron chi connectivity index (χ4n) is 5.16. The zero-order chi connectivity index (χ0) is 25.2. The molecule has 0 bridgehead atoms. The van der Waals surface area contributed by atoms with Gasteiger partial charge in [0.1, 0.15) is 12.4 Å². The summed E-state index contributed by atoms with van der Waals surface area (Å²) in [4.78, 5) is 0. The van der Waals surface area contributed by atoms with Gasteiger partial charge in [0.05, 0.1) is 5.41 Å². The third-order valence-electron chi connectivity index (χ3n) is 6.81. The maximum atomic E-state index is 6.65. The molecule has 2 heterocycles. The Bertz CT molecular complexity index is 1380. The highest BCUT2D eigenvalue weighted by Crippen LogP contribution is 2.39. The maximum Gasteiger partial charge on any atom is 0.188 e. The van der Waals surface area contributed by atoms with Gasteiger partial charge in [0.15, 0.2) is 5.82 Å². The number of allylic oxidation sites excluding steroid dienone is 3. The molecule has 0 amide bonds. The van der Waals surface area contributed by atoms with E-state index in [1.807, 2.05) is 6.07 Å². The number of fused-ring (bicyclic) bond motifs is 1. The van der Waals surface area contributed by atoms with Crippen molar-refractivity contribution in [1.82, 2.24) is 25.2 Å². The Morgan fingerprint density at radius 2 is 1.92 bits per heavy atom. The van der Waals surface area contributed by atoms with Gasteiger partial charge in [-0.2, -0.15) is 5.21 Å². The molecule has 6 heteroatoms. The second-order valence-electron chi connectivity index (χ2n) is 11.0. The third-order valence-corrected chi connectivity index (χ3v) is 6.81. The van der Waals surface area contributed by atoms with Crippen molar-refractivity contribution in [1.29, 1.82) is 0 Å². The van der Waals surface area contributed by atoms with E-state index >= 15 is 0 Å². The van der Waals surface area contributed by atoms with Crippen molar-refractivity contribution in [2.75, 3.05) is 6.61 Å². The zero-order valence-electron chi connectivity index (χ0n) is 21.7. The number of hydrogen-bond acceptors (Lipinski definition) is 4. The molecule has 186 valence electrons. The fraction of sp³-hybridized carbons (Fsp3) is 0.367. The van der Waals surface area contributed by atoms with E-state index in [4.69, 9.17) is 4.74 Å². The lowest BCUT2D eigenvalue weighted by molar-refractivity contribution is 0.240. The Morgan fingerprint density at radius 1 is 1.08 bits per heavy atom. The predicted molar refractivity (Wildman–Crippen MR) is 145 cm³/mol.